The lowest BCUT2D eigenvalue weighted by molar-refractivity contribution is 0.0955. The van der Waals surface area contributed by atoms with Crippen molar-refractivity contribution in [3.63, 3.8) is 0 Å². The van der Waals surface area contributed by atoms with Crippen molar-refractivity contribution in [1.29, 1.82) is 0 Å². The fourth-order valence-corrected chi connectivity index (χ4v) is 2.75. The zero-order chi connectivity index (χ0) is 17.2. The smallest absolute Gasteiger partial charge is 0.269 e. The lowest BCUT2D eigenvalue weighted by Gasteiger charge is -2.14. The Kier molecular flexibility index (Phi) is 3.64. The number of nitrogens with zero attached hydrogens (tertiary/aromatic N) is 5. The molecular weight excluding hydrogens is 318 g/mol. The van der Waals surface area contributed by atoms with Gasteiger partial charge in [0.2, 0.25) is 5.65 Å². The predicted octanol–water partition coefficient (Wildman–Crippen LogP) is 1.46. The first-order valence-electron chi connectivity index (χ1n) is 7.53. The third-order valence-electron chi connectivity index (χ3n) is 3.83. The first kappa shape index (κ1) is 14.9. The summed E-state index contributed by atoms with van der Waals surface area (Å²) in [6, 6.07) is 19.0. The second-order valence-electron chi connectivity index (χ2n) is 5.30. The molecule has 25 heavy (non-hydrogen) atoms. The normalized spacial score (nSPS) is 10.8. The molecule has 0 aliphatic heterocycles. The van der Waals surface area contributed by atoms with Crippen molar-refractivity contribution < 1.29 is 4.79 Å². The Morgan fingerprint density at radius 2 is 1.60 bits per heavy atom. The first-order chi connectivity index (χ1) is 12.3. The van der Waals surface area contributed by atoms with E-state index >= 15 is 0 Å². The van der Waals surface area contributed by atoms with Gasteiger partial charge in [0.25, 0.3) is 5.91 Å². The van der Waals surface area contributed by atoms with Crippen LogP contribution in [0.2, 0.25) is 0 Å². The predicted molar refractivity (Wildman–Crippen MR) is 91.1 cm³/mol. The van der Waals surface area contributed by atoms with E-state index in [1.165, 1.54) is 4.63 Å². The third-order valence-corrected chi connectivity index (χ3v) is 3.83. The molecule has 0 bridgehead atoms. The van der Waals surface area contributed by atoms with Crippen LogP contribution in [0, 0.1) is 0 Å². The van der Waals surface area contributed by atoms with Crippen molar-refractivity contribution in [2.75, 3.05) is 0 Å². The molecule has 0 saturated carbocycles. The van der Waals surface area contributed by atoms with Crippen LogP contribution in [0.25, 0.3) is 28.0 Å². The van der Waals surface area contributed by atoms with E-state index in [1.807, 2.05) is 60.7 Å². The number of nitrogens with one attached hydrogen (secondary N) is 1. The molecule has 0 fully saturated rings. The van der Waals surface area contributed by atoms with Gasteiger partial charge in [-0.25, -0.2) is 5.84 Å². The van der Waals surface area contributed by atoms with Gasteiger partial charge in [-0.05, 0) is 16.0 Å². The van der Waals surface area contributed by atoms with Crippen LogP contribution >= 0.6 is 0 Å². The van der Waals surface area contributed by atoms with Gasteiger partial charge in [0, 0.05) is 11.1 Å². The van der Waals surface area contributed by atoms with E-state index in [4.69, 9.17) is 5.84 Å². The van der Waals surface area contributed by atoms with Crippen molar-refractivity contribution in [2.45, 2.75) is 0 Å². The lowest BCUT2D eigenvalue weighted by Crippen LogP contribution is -2.31. The van der Waals surface area contributed by atoms with Crippen LogP contribution in [0.1, 0.15) is 10.4 Å². The molecule has 3 N–H and O–H groups in total. The fourth-order valence-electron chi connectivity index (χ4n) is 2.75. The summed E-state index contributed by atoms with van der Waals surface area (Å²) < 4.78 is 1.24. The minimum absolute atomic E-state index is 0.237. The van der Waals surface area contributed by atoms with Crippen molar-refractivity contribution in [3.8, 4) is 22.4 Å². The molecule has 1 amide bonds. The van der Waals surface area contributed by atoms with Crippen LogP contribution < -0.4 is 11.3 Å². The third kappa shape index (κ3) is 2.50. The number of amides is 1. The van der Waals surface area contributed by atoms with Gasteiger partial charge in [0.15, 0.2) is 0 Å². The quantitative estimate of drug-likeness (QED) is 0.334. The Morgan fingerprint density at radius 1 is 0.960 bits per heavy atom. The molecule has 0 saturated heterocycles. The van der Waals surface area contributed by atoms with Crippen LogP contribution in [0.3, 0.4) is 0 Å². The minimum atomic E-state index is -0.488. The van der Waals surface area contributed by atoms with E-state index in [0.29, 0.717) is 11.3 Å². The maximum absolute atomic E-state index is 12.5. The average molecular weight is 331 g/mol. The van der Waals surface area contributed by atoms with E-state index in [9.17, 15) is 4.79 Å². The monoisotopic (exact) mass is 331 g/mol. The molecule has 4 aromatic rings. The van der Waals surface area contributed by atoms with Crippen LogP contribution in [0.5, 0.6) is 0 Å². The molecule has 0 radical (unpaired) electrons. The zero-order valence-electron chi connectivity index (χ0n) is 13.0. The van der Waals surface area contributed by atoms with Crippen LogP contribution in [0.4, 0.5) is 0 Å². The molecule has 8 heteroatoms. The number of fused-ring (bicyclic) bond motifs is 1. The van der Waals surface area contributed by atoms with Gasteiger partial charge in [0.1, 0.15) is 5.69 Å². The SMILES string of the molecule is NNC(=O)c1c(-c2ccccc2)c(-c2ccccc2)nn2nnnc12. The van der Waals surface area contributed by atoms with E-state index in [-0.39, 0.29) is 11.2 Å². The number of hydrogen-bond donors (Lipinski definition) is 2. The second kappa shape index (κ2) is 6.10. The van der Waals surface area contributed by atoms with Gasteiger partial charge < -0.3 is 0 Å². The second-order valence-corrected chi connectivity index (χ2v) is 5.30. The Labute approximate surface area is 142 Å². The van der Waals surface area contributed by atoms with E-state index in [0.717, 1.165) is 11.1 Å². The summed E-state index contributed by atoms with van der Waals surface area (Å²) in [4.78, 5) is 12.5. The lowest BCUT2D eigenvalue weighted by atomic mass is 9.95. The Hall–Kier alpha value is -3.65. The number of hydrazine groups is 1. The Bertz CT molecular complexity index is 1040. The highest BCUT2D eigenvalue weighted by Gasteiger charge is 2.24. The first-order valence-corrected chi connectivity index (χ1v) is 7.53. The zero-order valence-corrected chi connectivity index (χ0v) is 13.0. The molecule has 0 aliphatic rings. The largest absolute Gasteiger partial charge is 0.290 e. The molecule has 122 valence electrons. The van der Waals surface area contributed by atoms with Crippen LogP contribution in [-0.4, -0.2) is 31.2 Å². The molecule has 2 aromatic carbocycles. The number of tetrazole rings is 1. The van der Waals surface area contributed by atoms with Gasteiger partial charge in [-0.3, -0.25) is 10.2 Å². The highest BCUT2D eigenvalue weighted by atomic mass is 16.2. The standard InChI is InChI=1S/C17H13N7O/c18-19-17(25)14-13(11-7-3-1-4-8-11)15(12-9-5-2-6-10-12)21-24-16(14)20-22-23-24/h1-10H,18H2,(H,19,25). The van der Waals surface area contributed by atoms with Crippen molar-refractivity contribution in [2.24, 2.45) is 5.84 Å². The van der Waals surface area contributed by atoms with Crippen molar-refractivity contribution >= 4 is 11.6 Å². The number of aromatic nitrogens is 5. The molecule has 8 nitrogen and oxygen atoms in total. The molecule has 0 unspecified atom stereocenters. The van der Waals surface area contributed by atoms with Gasteiger partial charge in [-0.1, -0.05) is 60.7 Å². The molecule has 4 rings (SSSR count). The number of nitrogen functional groups attached to an aromatic ring is 1. The highest BCUT2D eigenvalue weighted by Crippen LogP contribution is 2.34. The molecule has 0 aliphatic carbocycles. The summed E-state index contributed by atoms with van der Waals surface area (Å²) in [7, 11) is 0. The fraction of sp³-hybridized carbons (Fsp3) is 0. The van der Waals surface area contributed by atoms with E-state index in [1.54, 1.807) is 0 Å². The maximum atomic E-state index is 12.5. The Balaban J connectivity index is 2.15. The summed E-state index contributed by atoms with van der Waals surface area (Å²) in [5.74, 6) is 4.91. The average Bonchev–Trinajstić information content (AvgIpc) is 3.15. The number of carbonyl (C=O) groups is 1. The summed E-state index contributed by atoms with van der Waals surface area (Å²) in [5, 5.41) is 15.9. The van der Waals surface area contributed by atoms with Crippen LogP contribution in [0.15, 0.2) is 60.7 Å². The number of rotatable bonds is 3. The van der Waals surface area contributed by atoms with E-state index in [2.05, 4.69) is 26.0 Å². The maximum Gasteiger partial charge on any atom is 0.269 e. The topological polar surface area (TPSA) is 111 Å². The number of carbonyl (C=O) groups excluding carboxylic acids is 1. The van der Waals surface area contributed by atoms with Crippen molar-refractivity contribution in [3.05, 3.63) is 66.2 Å². The highest BCUT2D eigenvalue weighted by molar-refractivity contribution is 6.08. The summed E-state index contributed by atoms with van der Waals surface area (Å²) >= 11 is 0. The Morgan fingerprint density at radius 3 is 2.24 bits per heavy atom. The van der Waals surface area contributed by atoms with E-state index < -0.39 is 5.91 Å². The van der Waals surface area contributed by atoms with Crippen LogP contribution in [-0.2, 0) is 0 Å². The molecule has 2 aromatic heterocycles. The van der Waals surface area contributed by atoms with Gasteiger partial charge in [-0.15, -0.1) is 14.8 Å². The summed E-state index contributed by atoms with van der Waals surface area (Å²) in [5.41, 5.74) is 5.55. The van der Waals surface area contributed by atoms with Gasteiger partial charge in [0.05, 0.1) is 5.56 Å². The van der Waals surface area contributed by atoms with Gasteiger partial charge in [-0.2, -0.15) is 0 Å². The van der Waals surface area contributed by atoms with Gasteiger partial charge >= 0.3 is 0 Å². The summed E-state index contributed by atoms with van der Waals surface area (Å²) in [6.07, 6.45) is 0. The molecule has 0 atom stereocenters. The molecule has 0 spiro atoms. The molecular formula is C17H13N7O. The summed E-state index contributed by atoms with van der Waals surface area (Å²) in [6.45, 7) is 0. The number of hydrogen-bond acceptors (Lipinski definition) is 6. The van der Waals surface area contributed by atoms with Crippen molar-refractivity contribution in [1.82, 2.24) is 30.7 Å². The molecule has 2 heterocycles. The number of nitrogens with two attached hydrogens (primary N) is 1. The minimum Gasteiger partial charge on any atom is -0.290 e. The number of benzene rings is 2.